The van der Waals surface area contributed by atoms with Crippen molar-refractivity contribution in [1.29, 1.82) is 5.26 Å². The summed E-state index contributed by atoms with van der Waals surface area (Å²) in [6.07, 6.45) is -3.61. The molecule has 1 atom stereocenters. The Labute approximate surface area is 151 Å². The van der Waals surface area contributed by atoms with Crippen LogP contribution >= 0.6 is 11.6 Å². The summed E-state index contributed by atoms with van der Waals surface area (Å²) in [5, 5.41) is 8.95. The minimum atomic E-state index is -5.27. The number of nitrogens with zero attached hydrogens (tertiary/aromatic N) is 3. The highest BCUT2D eigenvalue weighted by atomic mass is 35.5. The van der Waals surface area contributed by atoms with Gasteiger partial charge in [-0.05, 0) is 23.8 Å². The van der Waals surface area contributed by atoms with Gasteiger partial charge in [0, 0.05) is 28.5 Å². The summed E-state index contributed by atoms with van der Waals surface area (Å²) in [6, 6.07) is 3.26. The number of pyridine rings is 1. The molecule has 10 heteroatoms. The van der Waals surface area contributed by atoms with Gasteiger partial charge in [-0.25, -0.2) is 8.42 Å². The van der Waals surface area contributed by atoms with E-state index in [4.69, 9.17) is 21.0 Å². The zero-order chi connectivity index (χ0) is 21.3. The molecule has 5 nitrogen and oxygen atoms in total. The first-order valence-electron chi connectivity index (χ1n) is 8.00. The van der Waals surface area contributed by atoms with Crippen LogP contribution in [0.5, 0.6) is 0 Å². The zero-order valence-corrected chi connectivity index (χ0v) is 13.8. The van der Waals surface area contributed by atoms with E-state index in [1.165, 1.54) is 0 Å². The SMILES string of the molecule is [2H]C([2H])([2H])N(C(c1ccc(Cl)cc1)C(F)(F)F)S(=O)(=O)c1cncc(C#N)c1. The number of benzene rings is 1. The average Bonchev–Trinajstić information content (AvgIpc) is 2.58. The molecule has 0 bridgehead atoms. The van der Waals surface area contributed by atoms with Crippen molar-refractivity contribution in [3.05, 3.63) is 58.9 Å². The third kappa shape index (κ3) is 4.10. The zero-order valence-electron chi connectivity index (χ0n) is 15.2. The van der Waals surface area contributed by atoms with E-state index in [9.17, 15) is 21.6 Å². The van der Waals surface area contributed by atoms with Gasteiger partial charge in [-0.3, -0.25) is 4.98 Å². The van der Waals surface area contributed by atoms with Gasteiger partial charge in [-0.15, -0.1) is 0 Å². The topological polar surface area (TPSA) is 74.1 Å². The van der Waals surface area contributed by atoms with E-state index in [2.05, 4.69) is 4.98 Å². The van der Waals surface area contributed by atoms with Gasteiger partial charge in [0.25, 0.3) is 0 Å². The molecule has 25 heavy (non-hydrogen) atoms. The third-order valence-corrected chi connectivity index (χ3v) is 4.93. The molecule has 1 aromatic carbocycles. The molecule has 0 radical (unpaired) electrons. The Bertz CT molecular complexity index is 1010. The molecular weight excluding hydrogens is 379 g/mol. The highest BCUT2D eigenvalue weighted by Gasteiger charge is 2.47. The molecule has 0 fully saturated rings. The van der Waals surface area contributed by atoms with Gasteiger partial charge in [0.1, 0.15) is 17.0 Å². The molecule has 0 spiro atoms. The summed E-state index contributed by atoms with van der Waals surface area (Å²) in [7, 11) is -5.23. The lowest BCUT2D eigenvalue weighted by Crippen LogP contribution is -2.39. The van der Waals surface area contributed by atoms with Crippen molar-refractivity contribution in [3.8, 4) is 6.07 Å². The van der Waals surface area contributed by atoms with Crippen LogP contribution in [0.1, 0.15) is 21.3 Å². The van der Waals surface area contributed by atoms with E-state index >= 15 is 0 Å². The maximum atomic E-state index is 13.8. The molecule has 1 unspecified atom stereocenters. The Morgan fingerprint density at radius 1 is 1.32 bits per heavy atom. The van der Waals surface area contributed by atoms with E-state index < -0.39 is 44.0 Å². The molecular formula is C15H11ClF3N3O2S. The predicted octanol–water partition coefficient (Wildman–Crippen LogP) is 3.53. The number of hydrogen-bond donors (Lipinski definition) is 0. The van der Waals surface area contributed by atoms with Gasteiger partial charge in [-0.2, -0.15) is 22.7 Å². The number of aromatic nitrogens is 1. The van der Waals surface area contributed by atoms with Crippen LogP contribution < -0.4 is 0 Å². The quantitative estimate of drug-likeness (QED) is 0.797. The van der Waals surface area contributed by atoms with Gasteiger partial charge in [0.15, 0.2) is 0 Å². The summed E-state index contributed by atoms with van der Waals surface area (Å²) in [6.45, 7) is -3.69. The number of alkyl halides is 3. The Morgan fingerprint density at radius 3 is 2.48 bits per heavy atom. The largest absolute Gasteiger partial charge is 0.409 e. The normalized spacial score (nSPS) is 15.8. The van der Waals surface area contributed by atoms with Gasteiger partial charge >= 0.3 is 6.18 Å². The second-order valence-electron chi connectivity index (χ2n) is 4.82. The maximum Gasteiger partial charge on any atom is 0.409 e. The van der Waals surface area contributed by atoms with E-state index in [0.29, 0.717) is 6.20 Å². The number of halogens is 4. The van der Waals surface area contributed by atoms with E-state index in [1.807, 2.05) is 0 Å². The Balaban J connectivity index is 2.75. The first-order chi connectivity index (χ1) is 12.8. The molecule has 2 aromatic rings. The minimum Gasteiger partial charge on any atom is -0.262 e. The first-order valence-corrected chi connectivity index (χ1v) is 8.32. The molecule has 132 valence electrons. The fourth-order valence-corrected chi connectivity index (χ4v) is 3.32. The molecule has 0 saturated carbocycles. The van der Waals surface area contributed by atoms with Crippen LogP contribution in [0.25, 0.3) is 0 Å². The summed E-state index contributed by atoms with van der Waals surface area (Å²) in [5.74, 6) is 0. The Morgan fingerprint density at radius 2 is 1.96 bits per heavy atom. The van der Waals surface area contributed by atoms with Gasteiger partial charge in [0.2, 0.25) is 10.0 Å². The lowest BCUT2D eigenvalue weighted by Gasteiger charge is -2.29. The van der Waals surface area contributed by atoms with Crippen LogP contribution in [-0.2, 0) is 10.0 Å². The first kappa shape index (κ1) is 15.1. The maximum absolute atomic E-state index is 13.8. The molecule has 2 rings (SSSR count). The number of hydrogen-bond acceptors (Lipinski definition) is 4. The van der Waals surface area contributed by atoms with Crippen LogP contribution in [0.15, 0.2) is 47.6 Å². The van der Waals surface area contributed by atoms with Crippen molar-refractivity contribution < 1.29 is 25.7 Å². The second kappa shape index (κ2) is 7.00. The van der Waals surface area contributed by atoms with Gasteiger partial charge in [0.05, 0.1) is 5.56 Å². The minimum absolute atomic E-state index is 0.0823. The third-order valence-electron chi connectivity index (χ3n) is 3.13. The molecule has 1 aromatic heterocycles. The molecule has 0 amide bonds. The van der Waals surface area contributed by atoms with Crippen LogP contribution in [0, 0.1) is 11.3 Å². The summed E-state index contributed by atoms with van der Waals surface area (Å²) in [4.78, 5) is 2.63. The number of sulfonamides is 1. The van der Waals surface area contributed by atoms with E-state index in [1.54, 1.807) is 6.07 Å². The second-order valence-corrected chi connectivity index (χ2v) is 7.07. The monoisotopic (exact) mass is 392 g/mol. The summed E-state index contributed by atoms with van der Waals surface area (Å²) in [5.41, 5.74) is -0.900. The number of rotatable bonds is 4. The summed E-state index contributed by atoms with van der Waals surface area (Å²) >= 11 is 5.66. The Kier molecular flexibility index (Phi) is 4.23. The van der Waals surface area contributed by atoms with Crippen molar-refractivity contribution in [2.24, 2.45) is 0 Å². The molecule has 0 aliphatic carbocycles. The molecule has 1 heterocycles. The standard InChI is InChI=1S/C15H11ClF3N3O2S/c1-22(25(23,24)13-6-10(7-20)8-21-9-13)14(15(17,18)19)11-2-4-12(16)5-3-11/h2-6,8-9,14H,1H3/i1D3. The van der Waals surface area contributed by atoms with Crippen molar-refractivity contribution in [1.82, 2.24) is 9.29 Å². The highest BCUT2D eigenvalue weighted by molar-refractivity contribution is 7.89. The molecule has 0 aliphatic rings. The van der Waals surface area contributed by atoms with Crippen LogP contribution in [0.3, 0.4) is 0 Å². The average molecular weight is 393 g/mol. The van der Waals surface area contributed by atoms with Crippen molar-refractivity contribution in [3.63, 3.8) is 0 Å². The van der Waals surface area contributed by atoms with Crippen LogP contribution in [0.4, 0.5) is 13.2 Å². The number of nitriles is 1. The van der Waals surface area contributed by atoms with Gasteiger partial charge in [-0.1, -0.05) is 23.7 Å². The van der Waals surface area contributed by atoms with Gasteiger partial charge < -0.3 is 0 Å². The lowest BCUT2D eigenvalue weighted by molar-refractivity contribution is -0.171. The van der Waals surface area contributed by atoms with Crippen molar-refractivity contribution in [2.45, 2.75) is 17.1 Å². The molecule has 0 saturated heterocycles. The summed E-state index contributed by atoms with van der Waals surface area (Å²) < 4.78 is 89.0. The Hall–Kier alpha value is -2.15. The van der Waals surface area contributed by atoms with Crippen LogP contribution in [0.2, 0.25) is 5.02 Å². The predicted molar refractivity (Wildman–Crippen MR) is 84.1 cm³/mol. The van der Waals surface area contributed by atoms with Crippen molar-refractivity contribution >= 4 is 21.6 Å². The van der Waals surface area contributed by atoms with Crippen LogP contribution in [-0.4, -0.2) is 30.9 Å². The van der Waals surface area contributed by atoms with E-state index in [-0.39, 0.29) is 10.6 Å². The fraction of sp³-hybridized carbons (Fsp3) is 0.200. The fourth-order valence-electron chi connectivity index (χ4n) is 1.98. The lowest BCUT2D eigenvalue weighted by atomic mass is 10.1. The van der Waals surface area contributed by atoms with E-state index in [0.717, 1.165) is 36.5 Å². The molecule has 0 aliphatic heterocycles. The smallest absolute Gasteiger partial charge is 0.262 e. The molecule has 0 N–H and O–H groups in total. The highest BCUT2D eigenvalue weighted by Crippen LogP contribution is 2.39. The van der Waals surface area contributed by atoms with Crippen molar-refractivity contribution in [2.75, 3.05) is 6.98 Å².